The summed E-state index contributed by atoms with van der Waals surface area (Å²) in [7, 11) is 0. The van der Waals surface area contributed by atoms with Crippen molar-refractivity contribution in [3.05, 3.63) is 70.3 Å². The quantitative estimate of drug-likeness (QED) is 0.352. The zero-order valence-electron chi connectivity index (χ0n) is 15.2. The van der Waals surface area contributed by atoms with E-state index in [4.69, 9.17) is 4.42 Å². The highest BCUT2D eigenvalue weighted by Crippen LogP contribution is 2.35. The molecule has 0 aliphatic rings. The van der Waals surface area contributed by atoms with E-state index >= 15 is 0 Å². The van der Waals surface area contributed by atoms with Gasteiger partial charge < -0.3 is 9.73 Å². The van der Waals surface area contributed by atoms with E-state index in [2.05, 4.69) is 5.32 Å². The van der Waals surface area contributed by atoms with Gasteiger partial charge in [0.05, 0.1) is 17.0 Å². The van der Waals surface area contributed by atoms with Crippen LogP contribution in [0.3, 0.4) is 0 Å². The molecule has 9 heteroatoms. The lowest BCUT2D eigenvalue weighted by atomic mass is 10.1. The first-order valence-electron chi connectivity index (χ1n) is 8.63. The van der Waals surface area contributed by atoms with Crippen molar-refractivity contribution in [1.82, 2.24) is 9.88 Å². The number of amides is 1. The van der Waals surface area contributed by atoms with Gasteiger partial charge in [-0.2, -0.15) is 0 Å². The lowest BCUT2D eigenvalue weighted by Crippen LogP contribution is -2.25. The maximum Gasteiger partial charge on any atom is 0.287 e. The first kappa shape index (κ1) is 19.7. The Balaban J connectivity index is 1.74. The molecule has 146 valence electrons. The number of nitrogens with zero attached hydrogens (tertiary/aromatic N) is 2. The second-order valence-corrected chi connectivity index (χ2v) is 7.41. The largest absolute Gasteiger partial charge is 0.459 e. The smallest absolute Gasteiger partial charge is 0.287 e. The number of fused-ring (bicyclic) bond motifs is 1. The Kier molecular flexibility index (Phi) is 6.15. The van der Waals surface area contributed by atoms with E-state index in [0.29, 0.717) is 12.3 Å². The van der Waals surface area contributed by atoms with Gasteiger partial charge in [0.15, 0.2) is 5.76 Å². The van der Waals surface area contributed by atoms with Gasteiger partial charge in [0.25, 0.3) is 5.91 Å². The molecule has 0 saturated heterocycles. The third-order valence-corrected chi connectivity index (χ3v) is 5.44. The number of carbonyl (C=O) groups is 2. The number of furan rings is 1. The molecule has 3 rings (SSSR count). The Labute approximate surface area is 165 Å². The molecular weight excluding hydrogens is 382 g/mol. The summed E-state index contributed by atoms with van der Waals surface area (Å²) in [6.07, 6.45) is 3.09. The number of hydrogen-bond donors (Lipinski definition) is 1. The van der Waals surface area contributed by atoms with Crippen LogP contribution in [0.25, 0.3) is 10.9 Å². The summed E-state index contributed by atoms with van der Waals surface area (Å²) in [5.41, 5.74) is 1.47. The Morgan fingerprint density at radius 3 is 2.75 bits per heavy atom. The van der Waals surface area contributed by atoms with Gasteiger partial charge in [0, 0.05) is 35.7 Å². The minimum absolute atomic E-state index is 0.155. The van der Waals surface area contributed by atoms with Crippen molar-refractivity contribution >= 4 is 34.5 Å². The third-order valence-electron chi connectivity index (χ3n) is 4.20. The maximum absolute atomic E-state index is 11.9. The van der Waals surface area contributed by atoms with Gasteiger partial charge in [-0.3, -0.25) is 24.3 Å². The number of nitrogens with one attached hydrogen (secondary N) is 1. The molecule has 2 heterocycles. The van der Waals surface area contributed by atoms with Gasteiger partial charge in [-0.05, 0) is 23.8 Å². The van der Waals surface area contributed by atoms with Crippen LogP contribution in [0.4, 0.5) is 0 Å². The number of carbonyl (C=O) groups excluding carboxylic acids is 2. The summed E-state index contributed by atoms with van der Waals surface area (Å²) in [6, 6.07) is 10.5. The van der Waals surface area contributed by atoms with Gasteiger partial charge in [0.2, 0.25) is 12.5 Å². The number of thioether (sulfide) groups is 1. The van der Waals surface area contributed by atoms with E-state index in [1.54, 1.807) is 18.3 Å². The first-order chi connectivity index (χ1) is 13.5. The summed E-state index contributed by atoms with van der Waals surface area (Å²) in [5.74, 6) is 0.212. The van der Waals surface area contributed by atoms with Crippen molar-refractivity contribution < 1.29 is 18.9 Å². The molecule has 0 radical (unpaired) electrons. The topological polar surface area (TPSA) is 107 Å². The summed E-state index contributed by atoms with van der Waals surface area (Å²) >= 11 is 1.37. The summed E-state index contributed by atoms with van der Waals surface area (Å²) < 4.78 is 6.54. The van der Waals surface area contributed by atoms with E-state index in [9.17, 15) is 19.7 Å². The zero-order valence-corrected chi connectivity index (χ0v) is 16.0. The minimum atomic E-state index is -0.444. The van der Waals surface area contributed by atoms with Crippen LogP contribution in [-0.4, -0.2) is 40.1 Å². The van der Waals surface area contributed by atoms with Crippen molar-refractivity contribution in [1.29, 1.82) is 0 Å². The second-order valence-electron chi connectivity index (χ2n) is 6.10. The minimum Gasteiger partial charge on any atom is -0.459 e. The average Bonchev–Trinajstić information content (AvgIpc) is 3.31. The van der Waals surface area contributed by atoms with Crippen LogP contribution < -0.4 is 5.32 Å². The standard InChI is InChI=1S/C19H19N3O5S/c1-13(23)21-11-15(14-5-2-3-6-16(14)21)18(12-22(25)26)28-10-8-20-19(24)17-7-4-9-27-17/h2-7,9,11,18H,8,10,12H2,1H3,(H,20,24)/t18-/m0/s1. The van der Waals surface area contributed by atoms with Gasteiger partial charge in [-0.25, -0.2) is 0 Å². The van der Waals surface area contributed by atoms with Gasteiger partial charge in [-0.15, -0.1) is 11.8 Å². The number of aromatic nitrogens is 1. The molecule has 2 aromatic heterocycles. The van der Waals surface area contributed by atoms with Crippen molar-refractivity contribution in [3.8, 4) is 0 Å². The van der Waals surface area contributed by atoms with Crippen LogP contribution in [0.1, 0.15) is 33.1 Å². The number of hydrogen-bond acceptors (Lipinski definition) is 6. The molecule has 0 fully saturated rings. The van der Waals surface area contributed by atoms with E-state index in [-0.39, 0.29) is 29.0 Å². The first-order valence-corrected chi connectivity index (χ1v) is 9.68. The molecule has 8 nitrogen and oxygen atoms in total. The molecule has 28 heavy (non-hydrogen) atoms. The average molecular weight is 401 g/mol. The fourth-order valence-electron chi connectivity index (χ4n) is 2.96. The Morgan fingerprint density at radius 1 is 1.29 bits per heavy atom. The van der Waals surface area contributed by atoms with Gasteiger partial charge >= 0.3 is 0 Å². The molecule has 0 spiro atoms. The van der Waals surface area contributed by atoms with Gasteiger partial charge in [0.1, 0.15) is 0 Å². The van der Waals surface area contributed by atoms with Crippen LogP contribution in [-0.2, 0) is 0 Å². The van der Waals surface area contributed by atoms with Crippen molar-refractivity contribution in [2.75, 3.05) is 18.8 Å². The zero-order chi connectivity index (χ0) is 20.1. The molecule has 0 aliphatic carbocycles. The normalized spacial score (nSPS) is 12.0. The van der Waals surface area contributed by atoms with Crippen LogP contribution in [0.2, 0.25) is 0 Å². The summed E-state index contributed by atoms with van der Waals surface area (Å²) in [6.45, 7) is 1.52. The highest BCUT2D eigenvalue weighted by atomic mass is 32.2. The number of para-hydroxylation sites is 1. The third kappa shape index (κ3) is 4.42. The molecule has 1 atom stereocenters. The van der Waals surface area contributed by atoms with E-state index in [1.165, 1.54) is 29.5 Å². The predicted octanol–water partition coefficient (Wildman–Crippen LogP) is 3.38. The number of rotatable bonds is 8. The van der Waals surface area contributed by atoms with E-state index in [1.807, 2.05) is 24.3 Å². The lowest BCUT2D eigenvalue weighted by molar-refractivity contribution is -0.479. The van der Waals surface area contributed by atoms with Gasteiger partial charge in [-0.1, -0.05) is 18.2 Å². The molecule has 1 amide bonds. The highest BCUT2D eigenvalue weighted by molar-refractivity contribution is 7.99. The van der Waals surface area contributed by atoms with Crippen molar-refractivity contribution in [3.63, 3.8) is 0 Å². The van der Waals surface area contributed by atoms with Crippen LogP contribution >= 0.6 is 11.8 Å². The summed E-state index contributed by atoms with van der Waals surface area (Å²) in [4.78, 5) is 34.6. The molecular formula is C19H19N3O5S. The Morgan fingerprint density at radius 2 is 2.07 bits per heavy atom. The fourth-order valence-corrected chi connectivity index (χ4v) is 4.06. The second kappa shape index (κ2) is 8.75. The number of benzene rings is 1. The van der Waals surface area contributed by atoms with E-state index in [0.717, 1.165) is 16.5 Å². The van der Waals surface area contributed by atoms with Crippen molar-refractivity contribution in [2.45, 2.75) is 12.2 Å². The molecule has 0 unspecified atom stereocenters. The monoisotopic (exact) mass is 401 g/mol. The van der Waals surface area contributed by atoms with Crippen LogP contribution in [0, 0.1) is 10.1 Å². The Hall–Kier alpha value is -3.07. The molecule has 0 bridgehead atoms. The van der Waals surface area contributed by atoms with E-state index < -0.39 is 5.25 Å². The maximum atomic E-state index is 11.9. The summed E-state index contributed by atoms with van der Waals surface area (Å²) in [5, 5.41) is 14.3. The molecule has 1 N–H and O–H groups in total. The molecule has 0 saturated carbocycles. The lowest BCUT2D eigenvalue weighted by Gasteiger charge is -2.12. The molecule has 1 aromatic carbocycles. The molecule has 0 aliphatic heterocycles. The highest BCUT2D eigenvalue weighted by Gasteiger charge is 2.24. The van der Waals surface area contributed by atoms with Crippen molar-refractivity contribution in [2.24, 2.45) is 0 Å². The number of nitro groups is 1. The fraction of sp³-hybridized carbons (Fsp3) is 0.263. The Bertz CT molecular complexity index is 996. The van der Waals surface area contributed by atoms with Crippen LogP contribution in [0.5, 0.6) is 0 Å². The van der Waals surface area contributed by atoms with Crippen LogP contribution in [0.15, 0.2) is 53.3 Å². The SMILES string of the molecule is CC(=O)n1cc([C@H](C[N+](=O)[O-])SCCNC(=O)c2ccco2)c2ccccc21. The molecule has 3 aromatic rings. The predicted molar refractivity (Wildman–Crippen MR) is 106 cm³/mol.